The summed E-state index contributed by atoms with van der Waals surface area (Å²) in [6.07, 6.45) is 3.09. The first-order valence-electron chi connectivity index (χ1n) is 6.33. The lowest BCUT2D eigenvalue weighted by Gasteiger charge is -2.12. The molecule has 2 nitrogen and oxygen atoms in total. The Morgan fingerprint density at radius 3 is 2.33 bits per heavy atom. The highest BCUT2D eigenvalue weighted by Crippen LogP contribution is 2.39. The van der Waals surface area contributed by atoms with Crippen LogP contribution in [-0.2, 0) is 6.42 Å². The quantitative estimate of drug-likeness (QED) is 0.792. The van der Waals surface area contributed by atoms with Crippen LogP contribution in [-0.4, -0.2) is 10.2 Å². The van der Waals surface area contributed by atoms with Crippen LogP contribution in [0.15, 0.2) is 42.5 Å². The normalized spacial score (nSPS) is 10.5. The van der Waals surface area contributed by atoms with Gasteiger partial charge in [0.25, 0.3) is 0 Å². The summed E-state index contributed by atoms with van der Waals surface area (Å²) in [5, 5.41) is 19.7. The number of unbranched alkanes of at least 4 members (excludes halogenated alkanes) is 1. The molecular formula is C16H18O2. The molecule has 0 fully saturated rings. The number of phenolic OH excluding ortho intramolecular Hbond substituents is 2. The van der Waals surface area contributed by atoms with E-state index >= 15 is 0 Å². The fourth-order valence-electron chi connectivity index (χ4n) is 2.12. The largest absolute Gasteiger partial charge is 0.504 e. The maximum absolute atomic E-state index is 10.1. The van der Waals surface area contributed by atoms with Gasteiger partial charge >= 0.3 is 0 Å². The van der Waals surface area contributed by atoms with Gasteiger partial charge in [-0.05, 0) is 30.0 Å². The Kier molecular flexibility index (Phi) is 3.88. The molecule has 0 amide bonds. The van der Waals surface area contributed by atoms with Gasteiger partial charge in [-0.15, -0.1) is 0 Å². The van der Waals surface area contributed by atoms with Crippen molar-refractivity contribution in [3.63, 3.8) is 0 Å². The molecule has 0 aliphatic carbocycles. The van der Waals surface area contributed by atoms with Crippen LogP contribution in [0.1, 0.15) is 25.3 Å². The van der Waals surface area contributed by atoms with Crippen molar-refractivity contribution in [3.05, 3.63) is 48.0 Å². The van der Waals surface area contributed by atoms with Gasteiger partial charge in [0.15, 0.2) is 11.5 Å². The zero-order valence-corrected chi connectivity index (χ0v) is 10.6. The summed E-state index contributed by atoms with van der Waals surface area (Å²) >= 11 is 0. The first-order chi connectivity index (χ1) is 8.74. The Bertz CT molecular complexity index is 518. The van der Waals surface area contributed by atoms with Crippen LogP contribution in [0, 0.1) is 0 Å². The Labute approximate surface area is 108 Å². The van der Waals surface area contributed by atoms with E-state index in [1.54, 1.807) is 6.07 Å². The highest BCUT2D eigenvalue weighted by atomic mass is 16.3. The monoisotopic (exact) mass is 242 g/mol. The summed E-state index contributed by atoms with van der Waals surface area (Å²) in [4.78, 5) is 0. The van der Waals surface area contributed by atoms with Gasteiger partial charge in [0.05, 0.1) is 0 Å². The number of aryl methyl sites for hydroxylation is 1. The molecule has 0 saturated heterocycles. The molecular weight excluding hydrogens is 224 g/mol. The summed E-state index contributed by atoms with van der Waals surface area (Å²) in [6.45, 7) is 2.14. The maximum atomic E-state index is 10.1. The Balaban J connectivity index is 2.52. The van der Waals surface area contributed by atoms with E-state index in [-0.39, 0.29) is 11.5 Å². The standard InChI is InChI=1S/C16H18O2/c1-2-3-7-13-10-11-14(17)16(18)15(13)12-8-5-4-6-9-12/h4-6,8-11,17-18H,2-3,7H2,1H3. The zero-order chi connectivity index (χ0) is 13.0. The van der Waals surface area contributed by atoms with Crippen molar-refractivity contribution in [1.29, 1.82) is 0 Å². The lowest BCUT2D eigenvalue weighted by atomic mass is 9.95. The van der Waals surface area contributed by atoms with Crippen LogP contribution >= 0.6 is 0 Å². The van der Waals surface area contributed by atoms with Gasteiger partial charge in [-0.25, -0.2) is 0 Å². The van der Waals surface area contributed by atoms with E-state index in [0.29, 0.717) is 0 Å². The van der Waals surface area contributed by atoms with Gasteiger partial charge in [0, 0.05) is 5.56 Å². The molecule has 94 valence electrons. The topological polar surface area (TPSA) is 40.5 Å². The summed E-state index contributed by atoms with van der Waals surface area (Å²) in [6, 6.07) is 13.2. The van der Waals surface area contributed by atoms with Crippen LogP contribution in [0.25, 0.3) is 11.1 Å². The number of rotatable bonds is 4. The van der Waals surface area contributed by atoms with Crippen molar-refractivity contribution in [3.8, 4) is 22.6 Å². The predicted molar refractivity (Wildman–Crippen MR) is 73.8 cm³/mol. The molecule has 0 bridgehead atoms. The van der Waals surface area contributed by atoms with Crippen LogP contribution in [0.3, 0.4) is 0 Å². The van der Waals surface area contributed by atoms with Crippen molar-refractivity contribution in [2.24, 2.45) is 0 Å². The van der Waals surface area contributed by atoms with Crippen LogP contribution in [0.2, 0.25) is 0 Å². The molecule has 0 heterocycles. The second kappa shape index (κ2) is 5.58. The van der Waals surface area contributed by atoms with Gasteiger partial charge in [0.2, 0.25) is 0 Å². The minimum absolute atomic E-state index is 0.0187. The second-order valence-corrected chi connectivity index (χ2v) is 4.44. The Morgan fingerprint density at radius 2 is 1.67 bits per heavy atom. The van der Waals surface area contributed by atoms with E-state index < -0.39 is 0 Å². The van der Waals surface area contributed by atoms with Crippen LogP contribution in [0.4, 0.5) is 0 Å². The van der Waals surface area contributed by atoms with Crippen molar-refractivity contribution in [1.82, 2.24) is 0 Å². The third-order valence-corrected chi connectivity index (χ3v) is 3.11. The smallest absolute Gasteiger partial charge is 0.165 e. The average Bonchev–Trinajstić information content (AvgIpc) is 2.41. The molecule has 0 saturated carbocycles. The third-order valence-electron chi connectivity index (χ3n) is 3.11. The van der Waals surface area contributed by atoms with Crippen LogP contribution < -0.4 is 0 Å². The van der Waals surface area contributed by atoms with Crippen molar-refractivity contribution in [2.45, 2.75) is 26.2 Å². The molecule has 2 aromatic carbocycles. The molecule has 0 spiro atoms. The van der Waals surface area contributed by atoms with E-state index in [9.17, 15) is 10.2 Å². The molecule has 18 heavy (non-hydrogen) atoms. The van der Waals surface area contributed by atoms with E-state index in [1.165, 1.54) is 0 Å². The number of hydrogen-bond donors (Lipinski definition) is 2. The number of hydrogen-bond acceptors (Lipinski definition) is 2. The zero-order valence-electron chi connectivity index (χ0n) is 10.6. The van der Waals surface area contributed by atoms with E-state index in [4.69, 9.17) is 0 Å². The minimum Gasteiger partial charge on any atom is -0.504 e. The van der Waals surface area contributed by atoms with Gasteiger partial charge < -0.3 is 10.2 Å². The van der Waals surface area contributed by atoms with E-state index in [2.05, 4.69) is 6.92 Å². The molecule has 0 aliphatic rings. The van der Waals surface area contributed by atoms with Crippen molar-refractivity contribution in [2.75, 3.05) is 0 Å². The molecule has 0 atom stereocenters. The lowest BCUT2D eigenvalue weighted by Crippen LogP contribution is -1.91. The summed E-state index contributed by atoms with van der Waals surface area (Å²) in [5.41, 5.74) is 2.78. The van der Waals surface area contributed by atoms with Gasteiger partial charge in [0.1, 0.15) is 0 Å². The maximum Gasteiger partial charge on any atom is 0.165 e. The minimum atomic E-state index is -0.0610. The fourth-order valence-corrected chi connectivity index (χ4v) is 2.12. The molecule has 0 radical (unpaired) electrons. The molecule has 0 unspecified atom stereocenters. The van der Waals surface area contributed by atoms with Gasteiger partial charge in [-0.1, -0.05) is 49.7 Å². The molecule has 2 aromatic rings. The number of phenols is 2. The third kappa shape index (κ3) is 2.48. The summed E-state index contributed by atoms with van der Waals surface area (Å²) in [7, 11) is 0. The number of aromatic hydroxyl groups is 2. The SMILES string of the molecule is CCCCc1ccc(O)c(O)c1-c1ccccc1. The molecule has 0 aliphatic heterocycles. The lowest BCUT2D eigenvalue weighted by molar-refractivity contribution is 0.404. The van der Waals surface area contributed by atoms with Crippen molar-refractivity contribution >= 4 is 0 Å². The summed E-state index contributed by atoms with van der Waals surface area (Å²) in [5.74, 6) is -0.0797. The van der Waals surface area contributed by atoms with Gasteiger partial charge in [-0.3, -0.25) is 0 Å². The second-order valence-electron chi connectivity index (χ2n) is 4.44. The first-order valence-corrected chi connectivity index (χ1v) is 6.33. The fraction of sp³-hybridized carbons (Fsp3) is 0.250. The number of benzene rings is 2. The Hall–Kier alpha value is -1.96. The molecule has 2 N–H and O–H groups in total. The first kappa shape index (κ1) is 12.5. The molecule has 2 heteroatoms. The van der Waals surface area contributed by atoms with E-state index in [0.717, 1.165) is 36.0 Å². The summed E-state index contributed by atoms with van der Waals surface area (Å²) < 4.78 is 0. The van der Waals surface area contributed by atoms with E-state index in [1.807, 2.05) is 36.4 Å². The predicted octanol–water partition coefficient (Wildman–Crippen LogP) is 4.11. The van der Waals surface area contributed by atoms with Gasteiger partial charge in [-0.2, -0.15) is 0 Å². The highest BCUT2D eigenvalue weighted by molar-refractivity contribution is 5.76. The molecule has 0 aromatic heterocycles. The van der Waals surface area contributed by atoms with Crippen LogP contribution in [0.5, 0.6) is 11.5 Å². The highest BCUT2D eigenvalue weighted by Gasteiger charge is 2.13. The van der Waals surface area contributed by atoms with Crippen molar-refractivity contribution < 1.29 is 10.2 Å². The Morgan fingerprint density at radius 1 is 0.944 bits per heavy atom. The molecule has 2 rings (SSSR count). The average molecular weight is 242 g/mol.